The highest BCUT2D eigenvalue weighted by atomic mass is 35.5. The molecule has 1 atom stereocenters. The average molecular weight is 391 g/mol. The van der Waals surface area contributed by atoms with Gasteiger partial charge in [0.2, 0.25) is 0 Å². The first-order chi connectivity index (χ1) is 13.5. The second kappa shape index (κ2) is 7.53. The van der Waals surface area contributed by atoms with Gasteiger partial charge in [-0.3, -0.25) is 4.79 Å². The van der Waals surface area contributed by atoms with Crippen LogP contribution in [0.15, 0.2) is 72.3 Å². The molecule has 0 N–H and O–H groups in total. The van der Waals surface area contributed by atoms with Gasteiger partial charge < -0.3 is 9.47 Å². The number of ether oxygens (including phenoxy) is 2. The molecule has 0 amide bonds. The Morgan fingerprint density at radius 3 is 2.39 bits per heavy atom. The second-order valence-electron chi connectivity index (χ2n) is 6.75. The van der Waals surface area contributed by atoms with Crippen molar-refractivity contribution in [2.45, 2.75) is 13.0 Å². The van der Waals surface area contributed by atoms with Gasteiger partial charge in [0, 0.05) is 10.6 Å². The SMILES string of the molecule is COc1ccc(C2Oc3cc(C)ccc3C(=O)/C2=C/c2ccc(Cl)cc2)cc1. The molecule has 0 radical (unpaired) electrons. The first-order valence-electron chi connectivity index (χ1n) is 8.98. The molecule has 0 aliphatic carbocycles. The van der Waals surface area contributed by atoms with Crippen LogP contribution >= 0.6 is 11.6 Å². The quantitative estimate of drug-likeness (QED) is 0.510. The van der Waals surface area contributed by atoms with Gasteiger partial charge in [-0.25, -0.2) is 0 Å². The lowest BCUT2D eigenvalue weighted by molar-refractivity contribution is 0.0963. The molecule has 4 rings (SSSR count). The summed E-state index contributed by atoms with van der Waals surface area (Å²) < 4.78 is 11.5. The van der Waals surface area contributed by atoms with Gasteiger partial charge in [-0.1, -0.05) is 41.9 Å². The monoisotopic (exact) mass is 390 g/mol. The van der Waals surface area contributed by atoms with E-state index in [1.54, 1.807) is 7.11 Å². The number of Topliss-reactive ketones (excluding diaryl/α,β-unsaturated/α-hetero) is 1. The lowest BCUT2D eigenvalue weighted by Crippen LogP contribution is -2.24. The summed E-state index contributed by atoms with van der Waals surface area (Å²) in [6.45, 7) is 1.98. The van der Waals surface area contributed by atoms with E-state index in [1.165, 1.54) is 0 Å². The Kier molecular flexibility index (Phi) is 4.93. The van der Waals surface area contributed by atoms with E-state index in [2.05, 4.69) is 0 Å². The Labute approximate surface area is 169 Å². The van der Waals surface area contributed by atoms with E-state index in [9.17, 15) is 4.79 Å². The number of hydrogen-bond donors (Lipinski definition) is 0. The highest BCUT2D eigenvalue weighted by Crippen LogP contribution is 2.40. The second-order valence-corrected chi connectivity index (χ2v) is 7.19. The van der Waals surface area contributed by atoms with Crippen molar-refractivity contribution in [1.82, 2.24) is 0 Å². The van der Waals surface area contributed by atoms with Gasteiger partial charge >= 0.3 is 0 Å². The summed E-state index contributed by atoms with van der Waals surface area (Å²) in [7, 11) is 1.63. The molecule has 140 valence electrons. The van der Waals surface area contributed by atoms with E-state index >= 15 is 0 Å². The number of benzene rings is 3. The smallest absolute Gasteiger partial charge is 0.196 e. The Hall–Kier alpha value is -3.04. The van der Waals surface area contributed by atoms with Crippen molar-refractivity contribution in [3.05, 3.63) is 99.6 Å². The van der Waals surface area contributed by atoms with Crippen molar-refractivity contribution < 1.29 is 14.3 Å². The molecular formula is C24H19ClO3. The minimum Gasteiger partial charge on any atom is -0.497 e. The fraction of sp³-hybridized carbons (Fsp3) is 0.125. The lowest BCUT2D eigenvalue weighted by atomic mass is 9.89. The Morgan fingerprint density at radius 2 is 1.71 bits per heavy atom. The Balaban J connectivity index is 1.83. The van der Waals surface area contributed by atoms with E-state index in [-0.39, 0.29) is 5.78 Å². The summed E-state index contributed by atoms with van der Waals surface area (Å²) in [6, 6.07) is 20.6. The van der Waals surface area contributed by atoms with Crippen LogP contribution in [0.2, 0.25) is 5.02 Å². The number of carbonyl (C=O) groups is 1. The predicted octanol–water partition coefficient (Wildman–Crippen LogP) is 6.06. The van der Waals surface area contributed by atoms with Crippen molar-refractivity contribution >= 4 is 23.5 Å². The molecule has 1 unspecified atom stereocenters. The third-order valence-electron chi connectivity index (χ3n) is 4.78. The molecule has 4 heteroatoms. The maximum atomic E-state index is 13.3. The lowest BCUT2D eigenvalue weighted by Gasteiger charge is -2.28. The molecule has 0 bridgehead atoms. The highest BCUT2D eigenvalue weighted by Gasteiger charge is 2.33. The summed E-state index contributed by atoms with van der Waals surface area (Å²) in [5.41, 5.74) is 4.00. The van der Waals surface area contributed by atoms with Crippen molar-refractivity contribution in [2.75, 3.05) is 7.11 Å². The van der Waals surface area contributed by atoms with Crippen LogP contribution in [0.25, 0.3) is 6.08 Å². The van der Waals surface area contributed by atoms with Crippen LogP contribution in [0.4, 0.5) is 0 Å². The number of ketones is 1. The molecule has 28 heavy (non-hydrogen) atoms. The molecule has 1 aliphatic heterocycles. The highest BCUT2D eigenvalue weighted by molar-refractivity contribution is 6.30. The van der Waals surface area contributed by atoms with Crippen molar-refractivity contribution in [3.63, 3.8) is 0 Å². The number of methoxy groups -OCH3 is 1. The minimum absolute atomic E-state index is 0.0305. The van der Waals surface area contributed by atoms with Crippen LogP contribution in [0.5, 0.6) is 11.5 Å². The normalized spacial score (nSPS) is 17.2. The third kappa shape index (κ3) is 3.54. The maximum Gasteiger partial charge on any atom is 0.196 e. The molecule has 0 spiro atoms. The predicted molar refractivity (Wildman–Crippen MR) is 111 cm³/mol. The van der Waals surface area contributed by atoms with E-state index < -0.39 is 6.10 Å². The summed E-state index contributed by atoms with van der Waals surface area (Å²) in [5.74, 6) is 1.33. The largest absolute Gasteiger partial charge is 0.497 e. The number of carbonyl (C=O) groups excluding carboxylic acids is 1. The van der Waals surface area contributed by atoms with Crippen LogP contribution in [0, 0.1) is 6.92 Å². The van der Waals surface area contributed by atoms with Crippen LogP contribution in [0.3, 0.4) is 0 Å². The standard InChI is InChI=1S/C24H19ClO3/c1-15-3-12-20-22(13-15)28-24(17-6-10-19(27-2)11-7-17)21(23(20)26)14-16-4-8-18(25)9-5-16/h3-14,24H,1-2H3/b21-14-. The summed E-state index contributed by atoms with van der Waals surface area (Å²) in [4.78, 5) is 13.3. The van der Waals surface area contributed by atoms with Crippen molar-refractivity contribution in [1.29, 1.82) is 0 Å². The van der Waals surface area contributed by atoms with Gasteiger partial charge in [-0.15, -0.1) is 0 Å². The average Bonchev–Trinajstić information content (AvgIpc) is 2.71. The molecule has 0 fully saturated rings. The molecule has 3 nitrogen and oxygen atoms in total. The van der Waals surface area contributed by atoms with Crippen molar-refractivity contribution in [2.24, 2.45) is 0 Å². The van der Waals surface area contributed by atoms with E-state index in [0.717, 1.165) is 22.4 Å². The fourth-order valence-corrected chi connectivity index (χ4v) is 3.41. The van der Waals surface area contributed by atoms with Crippen LogP contribution in [-0.2, 0) is 0 Å². The summed E-state index contributed by atoms with van der Waals surface area (Å²) in [5, 5.41) is 0.654. The van der Waals surface area contributed by atoms with Crippen LogP contribution < -0.4 is 9.47 Å². The zero-order chi connectivity index (χ0) is 19.7. The third-order valence-corrected chi connectivity index (χ3v) is 5.03. The van der Waals surface area contributed by atoms with E-state index in [1.807, 2.05) is 79.7 Å². The van der Waals surface area contributed by atoms with Gasteiger partial charge in [0.05, 0.1) is 12.7 Å². The topological polar surface area (TPSA) is 35.5 Å². The van der Waals surface area contributed by atoms with E-state index in [4.69, 9.17) is 21.1 Å². The molecular weight excluding hydrogens is 372 g/mol. The number of rotatable bonds is 3. The van der Waals surface area contributed by atoms with Gasteiger partial charge in [-0.2, -0.15) is 0 Å². The Bertz CT molecular complexity index is 1050. The summed E-state index contributed by atoms with van der Waals surface area (Å²) >= 11 is 5.99. The fourth-order valence-electron chi connectivity index (χ4n) is 3.29. The molecule has 1 heterocycles. The van der Waals surface area contributed by atoms with Crippen LogP contribution in [-0.4, -0.2) is 12.9 Å². The van der Waals surface area contributed by atoms with E-state index in [0.29, 0.717) is 21.9 Å². The maximum absolute atomic E-state index is 13.3. The molecule has 0 saturated heterocycles. The van der Waals surface area contributed by atoms with Gasteiger partial charge in [0.25, 0.3) is 0 Å². The van der Waals surface area contributed by atoms with Gasteiger partial charge in [-0.05, 0) is 66.1 Å². The number of aryl methyl sites for hydroxylation is 1. The molecule has 0 aromatic heterocycles. The number of hydrogen-bond acceptors (Lipinski definition) is 3. The Morgan fingerprint density at radius 1 is 1.00 bits per heavy atom. The minimum atomic E-state index is -0.497. The van der Waals surface area contributed by atoms with Crippen molar-refractivity contribution in [3.8, 4) is 11.5 Å². The molecule has 1 aliphatic rings. The van der Waals surface area contributed by atoms with Crippen LogP contribution in [0.1, 0.15) is 33.2 Å². The van der Waals surface area contributed by atoms with Gasteiger partial charge in [0.1, 0.15) is 11.5 Å². The first-order valence-corrected chi connectivity index (χ1v) is 9.36. The zero-order valence-electron chi connectivity index (χ0n) is 15.6. The number of halogens is 1. The summed E-state index contributed by atoms with van der Waals surface area (Å²) in [6.07, 6.45) is 1.37. The molecule has 0 saturated carbocycles. The molecule has 3 aromatic rings. The number of fused-ring (bicyclic) bond motifs is 1. The molecule has 3 aromatic carbocycles. The first kappa shape index (κ1) is 18.3. The van der Waals surface area contributed by atoms with Gasteiger partial charge in [0.15, 0.2) is 11.9 Å². The zero-order valence-corrected chi connectivity index (χ0v) is 16.4.